The lowest BCUT2D eigenvalue weighted by Gasteiger charge is -2.16. The first kappa shape index (κ1) is 24.0. The Bertz CT molecular complexity index is 1240. The van der Waals surface area contributed by atoms with E-state index in [0.717, 1.165) is 19.8 Å². The van der Waals surface area contributed by atoms with Crippen molar-refractivity contribution in [3.8, 4) is 0 Å². The van der Waals surface area contributed by atoms with Crippen molar-refractivity contribution in [2.24, 2.45) is 0 Å². The molecule has 0 spiro atoms. The third-order valence-corrected chi connectivity index (χ3v) is 6.73. The van der Waals surface area contributed by atoms with E-state index < -0.39 is 17.8 Å². The average molecular weight is 584 g/mol. The van der Waals surface area contributed by atoms with Gasteiger partial charge in [0.05, 0.1) is 17.9 Å². The van der Waals surface area contributed by atoms with E-state index in [1.807, 2.05) is 61.5 Å². The highest BCUT2D eigenvalue weighted by atomic mass is 127. The molecule has 0 saturated heterocycles. The van der Waals surface area contributed by atoms with Crippen molar-refractivity contribution < 1.29 is 19.1 Å². The molecule has 2 amide bonds. The maximum atomic E-state index is 13.4. The van der Waals surface area contributed by atoms with Gasteiger partial charge >= 0.3 is 5.97 Å². The Labute approximate surface area is 215 Å². The Morgan fingerprint density at radius 1 is 0.941 bits per heavy atom. The minimum absolute atomic E-state index is 0.214. The molecular weight excluding hydrogens is 563 g/mol. The standard InChI is InChI=1S/C26H21IN2O4S/c1-2-16-33-26(32)17-8-14-20(15-9-17)29-24(30)22(28-19-12-10-18(27)11-13-19)23(25(29)31)34-21-6-4-3-5-7-21/h3-15,28H,2,16H2,1H3. The van der Waals surface area contributed by atoms with Crippen molar-refractivity contribution in [2.75, 3.05) is 16.8 Å². The van der Waals surface area contributed by atoms with E-state index in [-0.39, 0.29) is 5.70 Å². The van der Waals surface area contributed by atoms with Crippen molar-refractivity contribution >= 4 is 63.5 Å². The zero-order valence-corrected chi connectivity index (χ0v) is 21.3. The van der Waals surface area contributed by atoms with Crippen LogP contribution in [-0.4, -0.2) is 24.4 Å². The van der Waals surface area contributed by atoms with Crippen molar-refractivity contribution in [3.05, 3.63) is 98.6 Å². The van der Waals surface area contributed by atoms with Crippen LogP contribution < -0.4 is 10.2 Å². The minimum Gasteiger partial charge on any atom is -0.462 e. The summed E-state index contributed by atoms with van der Waals surface area (Å²) < 4.78 is 6.21. The van der Waals surface area contributed by atoms with E-state index in [1.54, 1.807) is 24.3 Å². The molecule has 0 radical (unpaired) electrons. The first-order valence-corrected chi connectivity index (χ1v) is 12.5. The quantitative estimate of drug-likeness (QED) is 0.204. The molecule has 4 rings (SSSR count). The van der Waals surface area contributed by atoms with Gasteiger partial charge in [-0.25, -0.2) is 9.69 Å². The predicted molar refractivity (Wildman–Crippen MR) is 142 cm³/mol. The summed E-state index contributed by atoms with van der Waals surface area (Å²) in [7, 11) is 0. The number of anilines is 2. The smallest absolute Gasteiger partial charge is 0.338 e. The lowest BCUT2D eigenvalue weighted by molar-refractivity contribution is -0.120. The average Bonchev–Trinajstić information content (AvgIpc) is 3.08. The largest absolute Gasteiger partial charge is 0.462 e. The van der Waals surface area contributed by atoms with E-state index in [1.165, 1.54) is 11.8 Å². The Hall–Kier alpha value is -3.11. The molecule has 0 aliphatic carbocycles. The predicted octanol–water partition coefficient (Wildman–Crippen LogP) is 5.85. The number of halogens is 1. The van der Waals surface area contributed by atoms with E-state index in [9.17, 15) is 14.4 Å². The van der Waals surface area contributed by atoms with Gasteiger partial charge < -0.3 is 10.1 Å². The molecule has 1 aliphatic heterocycles. The molecule has 172 valence electrons. The number of rotatable bonds is 8. The molecule has 0 atom stereocenters. The molecular formula is C26H21IN2O4S. The first-order valence-electron chi connectivity index (χ1n) is 10.6. The van der Waals surface area contributed by atoms with Crippen LogP contribution in [0.15, 0.2) is 94.4 Å². The molecule has 0 aromatic heterocycles. The Morgan fingerprint density at radius 3 is 2.26 bits per heavy atom. The summed E-state index contributed by atoms with van der Waals surface area (Å²) in [5.41, 5.74) is 1.66. The highest BCUT2D eigenvalue weighted by Crippen LogP contribution is 2.37. The van der Waals surface area contributed by atoms with Crippen LogP contribution in [0.5, 0.6) is 0 Å². The fourth-order valence-corrected chi connectivity index (χ4v) is 4.57. The number of thioether (sulfide) groups is 1. The fourth-order valence-electron chi connectivity index (χ4n) is 3.26. The molecule has 1 aliphatic rings. The summed E-state index contributed by atoms with van der Waals surface area (Å²) in [5.74, 6) is -1.32. The summed E-state index contributed by atoms with van der Waals surface area (Å²) in [5, 5.41) is 3.14. The van der Waals surface area contributed by atoms with Crippen LogP contribution in [0.1, 0.15) is 23.7 Å². The minimum atomic E-state index is -0.455. The summed E-state index contributed by atoms with van der Waals surface area (Å²) in [6.07, 6.45) is 0.727. The van der Waals surface area contributed by atoms with Gasteiger partial charge in [-0.05, 0) is 89.7 Å². The summed E-state index contributed by atoms with van der Waals surface area (Å²) in [6, 6.07) is 23.3. The number of nitrogens with zero attached hydrogens (tertiary/aromatic N) is 1. The number of ether oxygens (including phenoxy) is 1. The summed E-state index contributed by atoms with van der Waals surface area (Å²) in [4.78, 5) is 41.2. The van der Waals surface area contributed by atoms with E-state index in [0.29, 0.717) is 28.5 Å². The van der Waals surface area contributed by atoms with Crippen LogP contribution in [-0.2, 0) is 14.3 Å². The fraction of sp³-hybridized carbons (Fsp3) is 0.115. The van der Waals surface area contributed by atoms with Gasteiger partial charge in [-0.2, -0.15) is 0 Å². The van der Waals surface area contributed by atoms with Crippen molar-refractivity contribution in [1.82, 2.24) is 0 Å². The number of imide groups is 1. The van der Waals surface area contributed by atoms with Crippen molar-refractivity contribution in [3.63, 3.8) is 0 Å². The molecule has 34 heavy (non-hydrogen) atoms. The highest BCUT2D eigenvalue weighted by molar-refractivity contribution is 14.1. The van der Waals surface area contributed by atoms with Gasteiger partial charge in [0.2, 0.25) is 0 Å². The number of hydrogen-bond donors (Lipinski definition) is 1. The third-order valence-electron chi connectivity index (χ3n) is 4.92. The zero-order chi connectivity index (χ0) is 24.1. The van der Waals surface area contributed by atoms with E-state index >= 15 is 0 Å². The number of hydrogen-bond acceptors (Lipinski definition) is 6. The van der Waals surface area contributed by atoms with Crippen molar-refractivity contribution in [2.45, 2.75) is 18.2 Å². The van der Waals surface area contributed by atoms with Crippen LogP contribution in [0.4, 0.5) is 11.4 Å². The van der Waals surface area contributed by atoms with Gasteiger partial charge in [-0.1, -0.05) is 36.9 Å². The molecule has 0 fully saturated rings. The number of carbonyl (C=O) groups excluding carboxylic acids is 3. The second-order valence-electron chi connectivity index (χ2n) is 7.38. The number of amides is 2. The van der Waals surface area contributed by atoms with Gasteiger partial charge in [-0.3, -0.25) is 9.59 Å². The molecule has 1 heterocycles. The van der Waals surface area contributed by atoms with Gasteiger partial charge in [0.25, 0.3) is 11.8 Å². The maximum Gasteiger partial charge on any atom is 0.338 e. The normalized spacial score (nSPS) is 13.4. The molecule has 1 N–H and O–H groups in total. The van der Waals surface area contributed by atoms with Crippen LogP contribution in [0.25, 0.3) is 0 Å². The second kappa shape index (κ2) is 10.9. The van der Waals surface area contributed by atoms with Crippen LogP contribution in [0, 0.1) is 3.57 Å². The Morgan fingerprint density at radius 2 is 1.62 bits per heavy atom. The van der Waals surface area contributed by atoms with Gasteiger partial charge in [0.1, 0.15) is 10.6 Å². The number of carbonyl (C=O) groups is 3. The van der Waals surface area contributed by atoms with E-state index in [4.69, 9.17) is 4.74 Å². The zero-order valence-electron chi connectivity index (χ0n) is 18.3. The molecule has 0 bridgehead atoms. The van der Waals surface area contributed by atoms with Gasteiger partial charge in [0.15, 0.2) is 0 Å². The molecule has 3 aromatic rings. The van der Waals surface area contributed by atoms with Gasteiger partial charge in [0, 0.05) is 14.2 Å². The lowest BCUT2D eigenvalue weighted by Crippen LogP contribution is -2.32. The summed E-state index contributed by atoms with van der Waals surface area (Å²) in [6.45, 7) is 2.25. The molecule has 6 nitrogen and oxygen atoms in total. The lowest BCUT2D eigenvalue weighted by atomic mass is 10.2. The highest BCUT2D eigenvalue weighted by Gasteiger charge is 2.40. The molecule has 3 aromatic carbocycles. The van der Waals surface area contributed by atoms with Gasteiger partial charge in [-0.15, -0.1) is 0 Å². The van der Waals surface area contributed by atoms with Crippen LogP contribution in [0.2, 0.25) is 0 Å². The van der Waals surface area contributed by atoms with Crippen LogP contribution >= 0.6 is 34.4 Å². The molecule has 0 unspecified atom stereocenters. The molecule has 0 saturated carbocycles. The topological polar surface area (TPSA) is 75.7 Å². The summed E-state index contributed by atoms with van der Waals surface area (Å²) >= 11 is 3.45. The molecule has 8 heteroatoms. The number of benzene rings is 3. The van der Waals surface area contributed by atoms with Crippen LogP contribution in [0.3, 0.4) is 0 Å². The van der Waals surface area contributed by atoms with E-state index in [2.05, 4.69) is 27.9 Å². The third kappa shape index (κ3) is 5.34. The van der Waals surface area contributed by atoms with Crippen molar-refractivity contribution in [1.29, 1.82) is 0 Å². The second-order valence-corrected chi connectivity index (χ2v) is 9.71. The number of esters is 1. The number of nitrogens with one attached hydrogen (secondary N) is 1. The SMILES string of the molecule is CCCOC(=O)c1ccc(N2C(=O)C(Nc3ccc(I)cc3)=C(Sc3ccccc3)C2=O)cc1. The first-order chi connectivity index (χ1) is 16.5. The Balaban J connectivity index is 1.64. The Kier molecular flexibility index (Phi) is 7.69. The monoisotopic (exact) mass is 584 g/mol. The maximum absolute atomic E-state index is 13.4.